The van der Waals surface area contributed by atoms with Crippen LogP contribution in [0.3, 0.4) is 0 Å². The van der Waals surface area contributed by atoms with Crippen LogP contribution in [0.15, 0.2) is 18.2 Å². The number of methoxy groups -OCH3 is 1. The number of aliphatic hydroxyl groups is 2. The second-order valence-electron chi connectivity index (χ2n) is 11.1. The van der Waals surface area contributed by atoms with Gasteiger partial charge in [-0.15, -0.1) is 0 Å². The van der Waals surface area contributed by atoms with E-state index in [0.29, 0.717) is 18.6 Å². The van der Waals surface area contributed by atoms with Gasteiger partial charge in [-0.05, 0) is 66.0 Å². The lowest BCUT2D eigenvalue weighted by molar-refractivity contribution is 0.0194. The van der Waals surface area contributed by atoms with Crippen LogP contribution in [0.4, 0.5) is 9.59 Å². The van der Waals surface area contributed by atoms with Crippen molar-refractivity contribution in [3.05, 3.63) is 29.3 Å². The normalized spacial score (nSPS) is 25.4. The summed E-state index contributed by atoms with van der Waals surface area (Å²) in [7, 11) is 1.54. The van der Waals surface area contributed by atoms with E-state index in [0.717, 1.165) is 11.1 Å². The molecule has 0 bridgehead atoms. The molecule has 1 aromatic carbocycles. The zero-order valence-corrected chi connectivity index (χ0v) is 21.2. The van der Waals surface area contributed by atoms with Crippen molar-refractivity contribution in [1.82, 2.24) is 9.80 Å². The molecule has 3 rings (SSSR count). The number of aliphatic hydroxyl groups excluding tert-OH is 2. The van der Waals surface area contributed by atoms with Gasteiger partial charge in [-0.25, -0.2) is 9.59 Å². The first-order valence-corrected chi connectivity index (χ1v) is 11.7. The van der Waals surface area contributed by atoms with Crippen molar-refractivity contribution in [1.29, 1.82) is 0 Å². The summed E-state index contributed by atoms with van der Waals surface area (Å²) >= 11 is 0. The molecule has 190 valence electrons. The van der Waals surface area contributed by atoms with Crippen molar-refractivity contribution in [2.75, 3.05) is 20.2 Å². The van der Waals surface area contributed by atoms with Crippen molar-refractivity contribution in [3.8, 4) is 5.75 Å². The standard InChI is InChI=1S/C25H38N2O7/c1-24(2,3)33-22(30)26-13-16(28)11-19(26)15-8-9-18(21(10-15)32-7)20-12-17(29)14-27(20)23(31)34-25(4,5)6/h8-10,16-17,19-20,28-29H,11-14H2,1-7H3/t16-,17?,19-,20?/m1/s1. The van der Waals surface area contributed by atoms with Crippen LogP contribution in [-0.2, 0) is 9.47 Å². The van der Waals surface area contributed by atoms with E-state index < -0.39 is 41.6 Å². The van der Waals surface area contributed by atoms with Crippen LogP contribution in [0.2, 0.25) is 0 Å². The van der Waals surface area contributed by atoms with Crippen molar-refractivity contribution in [2.24, 2.45) is 0 Å². The summed E-state index contributed by atoms with van der Waals surface area (Å²) in [5.41, 5.74) is 0.240. The van der Waals surface area contributed by atoms with Gasteiger partial charge in [0.05, 0.1) is 44.5 Å². The van der Waals surface area contributed by atoms with Crippen molar-refractivity contribution >= 4 is 12.2 Å². The van der Waals surface area contributed by atoms with E-state index in [4.69, 9.17) is 14.2 Å². The molecule has 0 aliphatic carbocycles. The highest BCUT2D eigenvalue weighted by Crippen LogP contribution is 2.41. The zero-order valence-electron chi connectivity index (χ0n) is 21.2. The summed E-state index contributed by atoms with van der Waals surface area (Å²) in [6, 6.07) is 4.77. The minimum atomic E-state index is -0.672. The van der Waals surface area contributed by atoms with Crippen LogP contribution in [-0.4, -0.2) is 75.8 Å². The minimum Gasteiger partial charge on any atom is -0.496 e. The van der Waals surface area contributed by atoms with Gasteiger partial charge in [0, 0.05) is 5.56 Å². The second-order valence-corrected chi connectivity index (χ2v) is 11.1. The Bertz CT molecular complexity index is 906. The fraction of sp³-hybridized carbons (Fsp3) is 0.680. The second kappa shape index (κ2) is 9.62. The molecular formula is C25H38N2O7. The number of benzene rings is 1. The predicted molar refractivity (Wildman–Crippen MR) is 126 cm³/mol. The number of likely N-dealkylation sites (tertiary alicyclic amines) is 2. The summed E-state index contributed by atoms with van der Waals surface area (Å²) in [4.78, 5) is 28.6. The lowest BCUT2D eigenvalue weighted by Gasteiger charge is -2.30. The predicted octanol–water partition coefficient (Wildman–Crippen LogP) is 3.78. The van der Waals surface area contributed by atoms with Gasteiger partial charge < -0.3 is 24.4 Å². The first kappa shape index (κ1) is 26.1. The van der Waals surface area contributed by atoms with E-state index in [2.05, 4.69) is 0 Å². The van der Waals surface area contributed by atoms with Crippen LogP contribution in [0, 0.1) is 0 Å². The first-order valence-electron chi connectivity index (χ1n) is 11.7. The number of carbonyl (C=O) groups is 2. The van der Waals surface area contributed by atoms with Crippen LogP contribution >= 0.6 is 0 Å². The van der Waals surface area contributed by atoms with Crippen molar-refractivity contribution < 1.29 is 34.0 Å². The molecule has 2 aliphatic rings. The Balaban J connectivity index is 1.89. The van der Waals surface area contributed by atoms with Crippen LogP contribution in [0.5, 0.6) is 5.75 Å². The number of carbonyl (C=O) groups excluding carboxylic acids is 2. The maximum atomic E-state index is 12.8. The molecule has 1 aromatic rings. The average Bonchev–Trinajstić information content (AvgIpc) is 3.28. The summed E-state index contributed by atoms with van der Waals surface area (Å²) in [5.74, 6) is 0.538. The highest BCUT2D eigenvalue weighted by molar-refractivity contribution is 5.70. The Morgan fingerprint density at radius 2 is 1.32 bits per heavy atom. The fourth-order valence-electron chi connectivity index (χ4n) is 4.49. The molecular weight excluding hydrogens is 440 g/mol. The number of hydrogen-bond donors (Lipinski definition) is 2. The van der Waals surface area contributed by atoms with Gasteiger partial charge in [0.2, 0.25) is 0 Å². The van der Waals surface area contributed by atoms with Gasteiger partial charge in [0.25, 0.3) is 0 Å². The molecule has 2 saturated heterocycles. The molecule has 2 fully saturated rings. The summed E-state index contributed by atoms with van der Waals surface area (Å²) in [6.45, 7) is 11.2. The molecule has 9 nitrogen and oxygen atoms in total. The van der Waals surface area contributed by atoms with E-state index in [1.165, 1.54) is 9.80 Å². The Kier molecular flexibility index (Phi) is 7.38. The summed E-state index contributed by atoms with van der Waals surface area (Å²) in [6.07, 6.45) is -1.55. The SMILES string of the molecule is COc1cc([C@H]2C[C@@H](O)CN2C(=O)OC(C)(C)C)ccc1C1CC(O)CN1C(=O)OC(C)(C)C. The third-order valence-corrected chi connectivity index (χ3v) is 5.82. The quantitative estimate of drug-likeness (QED) is 0.680. The monoisotopic (exact) mass is 478 g/mol. The van der Waals surface area contributed by atoms with E-state index in [1.807, 2.05) is 18.2 Å². The van der Waals surface area contributed by atoms with Gasteiger partial charge >= 0.3 is 12.2 Å². The number of rotatable bonds is 3. The molecule has 0 spiro atoms. The van der Waals surface area contributed by atoms with E-state index in [9.17, 15) is 19.8 Å². The van der Waals surface area contributed by atoms with E-state index in [1.54, 1.807) is 48.7 Å². The molecule has 2 N–H and O–H groups in total. The maximum Gasteiger partial charge on any atom is 0.410 e. The van der Waals surface area contributed by atoms with Gasteiger partial charge in [0.15, 0.2) is 0 Å². The molecule has 2 amide bonds. The minimum absolute atomic E-state index is 0.172. The largest absolute Gasteiger partial charge is 0.496 e. The molecule has 2 unspecified atom stereocenters. The Hall–Kier alpha value is -2.52. The number of amides is 2. The van der Waals surface area contributed by atoms with Crippen molar-refractivity contribution in [2.45, 2.75) is 89.9 Å². The lowest BCUT2D eigenvalue weighted by atomic mass is 9.97. The lowest BCUT2D eigenvalue weighted by Crippen LogP contribution is -2.37. The molecule has 9 heteroatoms. The third kappa shape index (κ3) is 6.13. The highest BCUT2D eigenvalue weighted by Gasteiger charge is 2.41. The average molecular weight is 479 g/mol. The molecule has 0 radical (unpaired) electrons. The van der Waals surface area contributed by atoms with Gasteiger partial charge in [-0.3, -0.25) is 9.80 Å². The molecule has 0 aromatic heterocycles. The van der Waals surface area contributed by atoms with Crippen LogP contribution in [0.1, 0.15) is 77.6 Å². The fourth-order valence-corrected chi connectivity index (χ4v) is 4.49. The van der Waals surface area contributed by atoms with Gasteiger partial charge in [-0.2, -0.15) is 0 Å². The molecule has 4 atom stereocenters. The first-order chi connectivity index (χ1) is 15.7. The molecule has 34 heavy (non-hydrogen) atoms. The molecule has 2 heterocycles. The molecule has 2 aliphatic heterocycles. The maximum absolute atomic E-state index is 12.8. The van der Waals surface area contributed by atoms with Crippen molar-refractivity contribution in [3.63, 3.8) is 0 Å². The van der Waals surface area contributed by atoms with Crippen LogP contribution < -0.4 is 4.74 Å². The Morgan fingerprint density at radius 3 is 1.79 bits per heavy atom. The zero-order chi connectivity index (χ0) is 25.4. The smallest absolute Gasteiger partial charge is 0.410 e. The highest BCUT2D eigenvalue weighted by atomic mass is 16.6. The summed E-state index contributed by atoms with van der Waals surface area (Å²) < 4.78 is 16.7. The number of β-amino-alcohol motifs (C(OH)–C–C–N with tert-alkyl or cyclic N) is 2. The van der Waals surface area contributed by atoms with Gasteiger partial charge in [-0.1, -0.05) is 12.1 Å². The summed E-state index contributed by atoms with van der Waals surface area (Å²) in [5, 5.41) is 20.6. The topological polar surface area (TPSA) is 109 Å². The Labute approximate surface area is 201 Å². The number of nitrogens with zero attached hydrogens (tertiary/aromatic N) is 2. The van der Waals surface area contributed by atoms with E-state index >= 15 is 0 Å². The number of hydrogen-bond acceptors (Lipinski definition) is 7. The number of ether oxygens (including phenoxy) is 3. The van der Waals surface area contributed by atoms with Gasteiger partial charge in [0.1, 0.15) is 17.0 Å². The van der Waals surface area contributed by atoms with Crippen LogP contribution in [0.25, 0.3) is 0 Å². The Morgan fingerprint density at radius 1 is 0.853 bits per heavy atom. The third-order valence-electron chi connectivity index (χ3n) is 5.82. The molecule has 0 saturated carbocycles. The van der Waals surface area contributed by atoms with E-state index in [-0.39, 0.29) is 19.1 Å².